The van der Waals surface area contributed by atoms with Crippen molar-refractivity contribution in [2.24, 2.45) is 0 Å². The van der Waals surface area contributed by atoms with Gasteiger partial charge in [-0.05, 0) is 42.9 Å². The highest BCUT2D eigenvalue weighted by atomic mass is 35.5. The molecule has 0 radical (unpaired) electrons. The molecule has 13 heteroatoms. The molecule has 0 aliphatic heterocycles. The third-order valence-electron chi connectivity index (χ3n) is 5.46. The summed E-state index contributed by atoms with van der Waals surface area (Å²) < 4.78 is 28.5. The Labute approximate surface area is 239 Å². The molecule has 200 valence electrons. The predicted molar refractivity (Wildman–Crippen MR) is 155 cm³/mol. The van der Waals surface area contributed by atoms with Gasteiger partial charge in [-0.25, -0.2) is 18.2 Å². The number of thioether (sulfide) groups is 1. The van der Waals surface area contributed by atoms with Gasteiger partial charge in [0.2, 0.25) is 15.2 Å². The smallest absolute Gasteiger partial charge is 0.355 e. The predicted octanol–water partition coefficient (Wildman–Crippen LogP) is 6.77. The number of aromatic nitrogens is 3. The molecular weight excluding hydrogens is 587 g/mol. The Morgan fingerprint density at radius 3 is 2.58 bits per heavy atom. The number of aryl methyl sites for hydroxylation is 1. The van der Waals surface area contributed by atoms with Gasteiger partial charge in [0, 0.05) is 17.5 Å². The summed E-state index contributed by atoms with van der Waals surface area (Å²) in [5, 5.41) is 16.0. The van der Waals surface area contributed by atoms with E-state index in [2.05, 4.69) is 16.7 Å². The molecule has 8 nitrogen and oxygen atoms in total. The van der Waals surface area contributed by atoms with Gasteiger partial charge in [0.1, 0.15) is 0 Å². The lowest BCUT2D eigenvalue weighted by atomic mass is 10.0. The minimum absolute atomic E-state index is 0.0295. The zero-order chi connectivity index (χ0) is 27.6. The molecule has 0 unspecified atom stereocenters. The first-order valence-electron chi connectivity index (χ1n) is 11.5. The van der Waals surface area contributed by atoms with Crippen LogP contribution in [-0.4, -0.2) is 46.3 Å². The van der Waals surface area contributed by atoms with Crippen LogP contribution in [0, 0.1) is 6.92 Å². The molecule has 2 aromatic carbocycles. The van der Waals surface area contributed by atoms with Gasteiger partial charge in [-0.1, -0.05) is 65.7 Å². The van der Waals surface area contributed by atoms with E-state index in [1.807, 2.05) is 6.07 Å². The summed E-state index contributed by atoms with van der Waals surface area (Å²) >= 11 is 15.4. The van der Waals surface area contributed by atoms with Crippen LogP contribution in [0.5, 0.6) is 0 Å². The van der Waals surface area contributed by atoms with E-state index < -0.39 is 16.0 Å². The lowest BCUT2D eigenvalue weighted by Crippen LogP contribution is -2.13. The first-order chi connectivity index (χ1) is 18.0. The molecule has 0 fully saturated rings. The maximum atomic E-state index is 12.5. The van der Waals surface area contributed by atoms with Crippen LogP contribution < -0.4 is 4.72 Å². The number of nitrogens with one attached hydrogen (secondary N) is 1. The lowest BCUT2D eigenvalue weighted by molar-refractivity contribution is 0.0686. The van der Waals surface area contributed by atoms with Crippen LogP contribution in [0.2, 0.25) is 10.0 Å². The Hall–Kier alpha value is -2.57. The van der Waals surface area contributed by atoms with Crippen LogP contribution in [0.4, 0.5) is 5.69 Å². The van der Waals surface area contributed by atoms with Gasteiger partial charge in [-0.2, -0.15) is 9.78 Å². The normalized spacial score (nSPS) is 11.6. The van der Waals surface area contributed by atoms with Crippen LogP contribution in [0.1, 0.15) is 40.7 Å². The molecule has 2 N–H and O–H groups in total. The van der Waals surface area contributed by atoms with Gasteiger partial charge >= 0.3 is 5.97 Å². The number of para-hydroxylation sites is 1. The van der Waals surface area contributed by atoms with Gasteiger partial charge < -0.3 is 5.11 Å². The number of anilines is 1. The summed E-state index contributed by atoms with van der Waals surface area (Å²) in [7, 11) is -3.52. The average Bonchev–Trinajstić information content (AvgIpc) is 3.41. The molecule has 0 aliphatic rings. The topological polar surface area (TPSA) is 114 Å². The van der Waals surface area contributed by atoms with E-state index in [1.165, 1.54) is 16.0 Å². The molecule has 4 aromatic rings. The number of halogens is 2. The molecule has 0 bridgehead atoms. The second-order valence-electron chi connectivity index (χ2n) is 8.45. The summed E-state index contributed by atoms with van der Waals surface area (Å²) in [5.74, 6) is -0.307. The van der Waals surface area contributed by atoms with Crippen molar-refractivity contribution in [2.45, 2.75) is 30.9 Å². The number of carboxylic acids is 1. The molecular formula is C25H24Cl2N4O4S3. The fourth-order valence-electron chi connectivity index (χ4n) is 3.80. The Balaban J connectivity index is 1.82. The van der Waals surface area contributed by atoms with Gasteiger partial charge in [-0.3, -0.25) is 4.72 Å². The van der Waals surface area contributed by atoms with E-state index in [0.717, 1.165) is 28.2 Å². The molecule has 0 atom stereocenters. The van der Waals surface area contributed by atoms with Gasteiger partial charge in [-0.15, -0.1) is 11.8 Å². The van der Waals surface area contributed by atoms with Crippen molar-refractivity contribution < 1.29 is 18.3 Å². The standard InChI is InChI=1S/C25H24Cl2N4O4S3/c1-4-11-36-24-21(16-9-10-18(26)19(27)13-16)28-25(37-24)31-22(23(32)33)17(14(2)29-31)12-15-7-5-6-8-20(15)30-38(3,34)35/h5-10,13,30H,4,11-12H2,1-3H3,(H,32,33). The van der Waals surface area contributed by atoms with Crippen LogP contribution in [0.25, 0.3) is 16.4 Å². The molecule has 0 aliphatic carbocycles. The van der Waals surface area contributed by atoms with E-state index >= 15 is 0 Å². The van der Waals surface area contributed by atoms with E-state index in [0.29, 0.717) is 43.4 Å². The Morgan fingerprint density at radius 1 is 1.18 bits per heavy atom. The molecule has 0 saturated carbocycles. The first kappa shape index (κ1) is 28.4. The van der Waals surface area contributed by atoms with Crippen molar-refractivity contribution >= 4 is 68.0 Å². The molecule has 0 spiro atoms. The van der Waals surface area contributed by atoms with E-state index in [-0.39, 0.29) is 12.1 Å². The monoisotopic (exact) mass is 610 g/mol. The van der Waals surface area contributed by atoms with Crippen molar-refractivity contribution in [2.75, 3.05) is 16.7 Å². The summed E-state index contributed by atoms with van der Waals surface area (Å²) in [6, 6.07) is 12.1. The van der Waals surface area contributed by atoms with Gasteiger partial charge in [0.05, 0.1) is 37.6 Å². The number of thiazole rings is 1. The van der Waals surface area contributed by atoms with Crippen molar-refractivity contribution in [3.63, 3.8) is 0 Å². The quantitative estimate of drug-likeness (QED) is 0.190. The molecule has 0 saturated heterocycles. The average molecular weight is 612 g/mol. The highest BCUT2D eigenvalue weighted by Gasteiger charge is 2.26. The minimum atomic E-state index is -3.52. The Kier molecular flexibility index (Phi) is 8.73. The number of aromatic carboxylic acids is 1. The summed E-state index contributed by atoms with van der Waals surface area (Å²) in [5.41, 5.74) is 3.39. The summed E-state index contributed by atoms with van der Waals surface area (Å²) in [4.78, 5) is 17.3. The zero-order valence-corrected chi connectivity index (χ0v) is 24.6. The Bertz CT molecular complexity index is 1620. The van der Waals surface area contributed by atoms with E-state index in [1.54, 1.807) is 55.1 Å². The van der Waals surface area contributed by atoms with E-state index in [4.69, 9.17) is 28.2 Å². The molecule has 2 heterocycles. The third kappa shape index (κ3) is 6.35. The number of hydrogen-bond donors (Lipinski definition) is 2. The largest absolute Gasteiger partial charge is 0.476 e. The zero-order valence-electron chi connectivity index (χ0n) is 20.7. The number of hydrogen-bond acceptors (Lipinski definition) is 7. The van der Waals surface area contributed by atoms with Crippen molar-refractivity contribution in [3.05, 3.63) is 75.0 Å². The number of nitrogens with zero attached hydrogens (tertiary/aromatic N) is 3. The van der Waals surface area contributed by atoms with Crippen LogP contribution in [-0.2, 0) is 16.4 Å². The van der Waals surface area contributed by atoms with E-state index in [9.17, 15) is 18.3 Å². The minimum Gasteiger partial charge on any atom is -0.476 e. The fourth-order valence-corrected chi connectivity index (χ4v) is 6.88. The van der Waals surface area contributed by atoms with Crippen molar-refractivity contribution in [1.29, 1.82) is 0 Å². The molecule has 38 heavy (non-hydrogen) atoms. The highest BCUT2D eigenvalue weighted by molar-refractivity contribution is 8.01. The van der Waals surface area contributed by atoms with Crippen LogP contribution >= 0.6 is 46.3 Å². The molecule has 2 aromatic heterocycles. The van der Waals surface area contributed by atoms with Crippen molar-refractivity contribution in [1.82, 2.24) is 14.8 Å². The summed E-state index contributed by atoms with van der Waals surface area (Å²) in [6.07, 6.45) is 2.18. The van der Waals surface area contributed by atoms with Crippen LogP contribution in [0.15, 0.2) is 46.7 Å². The highest BCUT2D eigenvalue weighted by Crippen LogP contribution is 2.40. The number of rotatable bonds is 10. The van der Waals surface area contributed by atoms with Gasteiger partial charge in [0.15, 0.2) is 5.69 Å². The summed E-state index contributed by atoms with van der Waals surface area (Å²) in [6.45, 7) is 3.81. The maximum absolute atomic E-state index is 12.5. The van der Waals surface area contributed by atoms with Crippen molar-refractivity contribution in [3.8, 4) is 16.4 Å². The lowest BCUT2D eigenvalue weighted by Gasteiger charge is -2.11. The number of sulfonamides is 1. The SMILES string of the molecule is CCCSc1sc(-n2nc(C)c(Cc3ccccc3NS(C)(=O)=O)c2C(=O)O)nc1-c1ccc(Cl)c(Cl)c1. The maximum Gasteiger partial charge on any atom is 0.355 e. The Morgan fingerprint density at radius 2 is 1.92 bits per heavy atom. The fraction of sp³-hybridized carbons (Fsp3) is 0.240. The molecule has 4 rings (SSSR count). The molecule has 0 amide bonds. The van der Waals surface area contributed by atoms with Gasteiger partial charge in [0.25, 0.3) is 0 Å². The number of carbonyl (C=O) groups is 1. The number of carboxylic acid groups (broad SMARTS) is 1. The third-order valence-corrected chi connectivity index (χ3v) is 9.29. The van der Waals surface area contributed by atoms with Crippen LogP contribution in [0.3, 0.4) is 0 Å². The second-order valence-corrected chi connectivity index (χ2v) is 13.4. The second kappa shape index (κ2) is 11.7. The first-order valence-corrected chi connectivity index (χ1v) is 15.9. The number of benzene rings is 2.